The van der Waals surface area contributed by atoms with Gasteiger partial charge in [-0.25, -0.2) is 8.42 Å². The minimum Gasteiger partial charge on any atom is -0.287 e. The van der Waals surface area contributed by atoms with Gasteiger partial charge in [0, 0.05) is 5.25 Å². The molecule has 1 aliphatic rings. The first-order valence-electron chi connectivity index (χ1n) is 7.21. The lowest BCUT2D eigenvalue weighted by molar-refractivity contribution is 0.578. The molecule has 3 rings (SSSR count). The normalized spacial score (nSPS) is 17.7. The Bertz CT molecular complexity index is 777. The molecule has 0 aromatic heterocycles. The second-order valence-electron chi connectivity index (χ2n) is 5.12. The van der Waals surface area contributed by atoms with Gasteiger partial charge in [-0.15, -0.1) is 4.83 Å². The summed E-state index contributed by atoms with van der Waals surface area (Å²) in [5.41, 5.74) is 3.97. The van der Waals surface area contributed by atoms with Crippen molar-refractivity contribution in [2.75, 3.05) is 6.54 Å². The third kappa shape index (κ3) is 4.34. The quantitative estimate of drug-likeness (QED) is 0.814. The van der Waals surface area contributed by atoms with Crippen molar-refractivity contribution in [3.05, 3.63) is 66.2 Å². The number of nitrogens with zero attached hydrogens (tertiary/aromatic N) is 1. The maximum absolute atomic E-state index is 12.1. The molecule has 1 atom stereocenters. The molecule has 0 radical (unpaired) electrons. The van der Waals surface area contributed by atoms with Crippen LogP contribution in [-0.4, -0.2) is 25.4 Å². The fraction of sp³-hybridized carbons (Fsp3) is 0.188. The first-order chi connectivity index (χ1) is 11.1. The number of sulfonamides is 1. The molecule has 0 bridgehead atoms. The van der Waals surface area contributed by atoms with Crippen LogP contribution in [0.4, 0.5) is 0 Å². The summed E-state index contributed by atoms with van der Waals surface area (Å²) in [6, 6.07) is 18.4. The number of thioether (sulfide) groups is 1. The van der Waals surface area contributed by atoms with E-state index in [0.717, 1.165) is 6.42 Å². The molecule has 2 aromatic carbocycles. The average molecular weight is 347 g/mol. The fourth-order valence-electron chi connectivity index (χ4n) is 2.24. The minimum absolute atomic E-state index is 0.219. The van der Waals surface area contributed by atoms with Crippen LogP contribution in [0.5, 0.6) is 0 Å². The molecule has 2 aromatic rings. The number of amidine groups is 1. The van der Waals surface area contributed by atoms with Crippen LogP contribution in [0.25, 0.3) is 0 Å². The second-order valence-corrected chi connectivity index (χ2v) is 8.09. The van der Waals surface area contributed by atoms with Gasteiger partial charge in [0.2, 0.25) is 0 Å². The van der Waals surface area contributed by atoms with E-state index < -0.39 is 10.0 Å². The Morgan fingerprint density at radius 3 is 2.39 bits per heavy atom. The predicted octanol–water partition coefficient (Wildman–Crippen LogP) is 2.18. The van der Waals surface area contributed by atoms with E-state index in [1.165, 1.54) is 5.56 Å². The highest BCUT2D eigenvalue weighted by atomic mass is 32.2. The highest BCUT2D eigenvalue weighted by molar-refractivity contribution is 8.14. The zero-order valence-corrected chi connectivity index (χ0v) is 14.0. The van der Waals surface area contributed by atoms with Gasteiger partial charge in [-0.1, -0.05) is 60.3 Å². The average Bonchev–Trinajstić information content (AvgIpc) is 3.02. The summed E-state index contributed by atoms with van der Waals surface area (Å²) in [4.78, 5) is 6.94. The lowest BCUT2D eigenvalue weighted by Gasteiger charge is -2.10. The molecule has 0 saturated carbocycles. The zero-order chi connectivity index (χ0) is 16.1. The van der Waals surface area contributed by atoms with Gasteiger partial charge in [0.1, 0.15) is 0 Å². The van der Waals surface area contributed by atoms with Crippen LogP contribution >= 0.6 is 11.8 Å². The van der Waals surface area contributed by atoms with Crippen LogP contribution in [0.15, 0.2) is 70.6 Å². The van der Waals surface area contributed by atoms with Crippen molar-refractivity contribution in [2.24, 2.45) is 4.99 Å². The molecule has 0 fully saturated rings. The summed E-state index contributed by atoms with van der Waals surface area (Å²) in [6.45, 7) is 0.676. The van der Waals surface area contributed by atoms with Gasteiger partial charge in [-0.05, 0) is 24.1 Å². The molecular weight excluding hydrogens is 330 g/mol. The Labute approximate surface area is 140 Å². The molecule has 1 heterocycles. The lowest BCUT2D eigenvalue weighted by atomic mass is 10.1. The number of hydrogen-bond donors (Lipinski definition) is 2. The molecule has 23 heavy (non-hydrogen) atoms. The van der Waals surface area contributed by atoms with Gasteiger partial charge in [-0.2, -0.15) is 0 Å². The van der Waals surface area contributed by atoms with E-state index in [1.54, 1.807) is 42.1 Å². The summed E-state index contributed by atoms with van der Waals surface area (Å²) in [5, 5.41) is 0.923. The molecule has 5 nitrogen and oxygen atoms in total. The van der Waals surface area contributed by atoms with Crippen molar-refractivity contribution >= 4 is 27.0 Å². The first-order valence-corrected chi connectivity index (χ1v) is 9.58. The van der Waals surface area contributed by atoms with Crippen LogP contribution < -0.4 is 10.3 Å². The van der Waals surface area contributed by atoms with Crippen molar-refractivity contribution in [1.29, 1.82) is 0 Å². The van der Waals surface area contributed by atoms with Crippen LogP contribution in [0, 0.1) is 0 Å². The van der Waals surface area contributed by atoms with Gasteiger partial charge < -0.3 is 0 Å². The number of rotatable bonds is 5. The molecule has 2 N–H and O–H groups in total. The van der Waals surface area contributed by atoms with Gasteiger partial charge in [0.15, 0.2) is 5.17 Å². The number of nitrogens with one attached hydrogen (secondary N) is 2. The lowest BCUT2D eigenvalue weighted by Crippen LogP contribution is -2.40. The summed E-state index contributed by atoms with van der Waals surface area (Å²) in [6.07, 6.45) is 0.908. The van der Waals surface area contributed by atoms with E-state index in [0.29, 0.717) is 17.0 Å². The molecule has 1 aliphatic heterocycles. The zero-order valence-electron chi connectivity index (χ0n) is 12.3. The van der Waals surface area contributed by atoms with Crippen molar-refractivity contribution in [3.63, 3.8) is 0 Å². The maximum Gasteiger partial charge on any atom is 0.257 e. The molecule has 1 unspecified atom stereocenters. The Hall–Kier alpha value is -1.83. The largest absolute Gasteiger partial charge is 0.287 e. The van der Waals surface area contributed by atoms with E-state index in [1.807, 2.05) is 18.2 Å². The van der Waals surface area contributed by atoms with Gasteiger partial charge >= 0.3 is 0 Å². The highest BCUT2D eigenvalue weighted by Crippen LogP contribution is 2.23. The maximum atomic E-state index is 12.1. The molecule has 0 spiro atoms. The Kier molecular flexibility index (Phi) is 5.00. The summed E-state index contributed by atoms with van der Waals surface area (Å²) >= 11 is 1.55. The fourth-order valence-corrected chi connectivity index (χ4v) is 4.17. The van der Waals surface area contributed by atoms with E-state index in [-0.39, 0.29) is 4.90 Å². The van der Waals surface area contributed by atoms with Gasteiger partial charge in [0.25, 0.3) is 10.0 Å². The van der Waals surface area contributed by atoms with Crippen LogP contribution in [0.3, 0.4) is 0 Å². The summed E-state index contributed by atoms with van der Waals surface area (Å²) in [5.74, 6) is 0. The van der Waals surface area contributed by atoms with Crippen molar-refractivity contribution < 1.29 is 8.42 Å². The first kappa shape index (κ1) is 16.0. The monoisotopic (exact) mass is 347 g/mol. The van der Waals surface area contributed by atoms with E-state index >= 15 is 0 Å². The highest BCUT2D eigenvalue weighted by Gasteiger charge is 2.21. The van der Waals surface area contributed by atoms with Crippen molar-refractivity contribution in [3.8, 4) is 0 Å². The molecule has 120 valence electrons. The molecule has 0 saturated heterocycles. The SMILES string of the molecule is O=S(=O)(NNC1=NCC(Cc2ccccc2)S1)c1ccccc1. The van der Waals surface area contributed by atoms with Crippen LogP contribution in [0.1, 0.15) is 5.56 Å². The third-order valence-corrected chi connectivity index (χ3v) is 5.74. The number of aliphatic imine (C=N–C) groups is 1. The number of hydrazine groups is 1. The Morgan fingerprint density at radius 1 is 1.04 bits per heavy atom. The van der Waals surface area contributed by atoms with E-state index in [9.17, 15) is 8.42 Å². The smallest absolute Gasteiger partial charge is 0.257 e. The summed E-state index contributed by atoms with van der Waals surface area (Å²) < 4.78 is 24.2. The second kappa shape index (κ2) is 7.16. The number of benzene rings is 2. The Morgan fingerprint density at radius 2 is 1.70 bits per heavy atom. The van der Waals surface area contributed by atoms with Gasteiger partial charge in [0.05, 0.1) is 11.4 Å². The summed E-state index contributed by atoms with van der Waals surface area (Å²) in [7, 11) is -3.58. The molecule has 0 aliphatic carbocycles. The van der Waals surface area contributed by atoms with Crippen LogP contribution in [-0.2, 0) is 16.4 Å². The topological polar surface area (TPSA) is 70.6 Å². The van der Waals surface area contributed by atoms with Crippen LogP contribution in [0.2, 0.25) is 0 Å². The molecular formula is C16H17N3O2S2. The van der Waals surface area contributed by atoms with E-state index in [4.69, 9.17) is 0 Å². The van der Waals surface area contributed by atoms with Crippen molar-refractivity contribution in [2.45, 2.75) is 16.6 Å². The van der Waals surface area contributed by atoms with E-state index in [2.05, 4.69) is 27.4 Å². The number of hydrogen-bond acceptors (Lipinski definition) is 5. The van der Waals surface area contributed by atoms with Crippen molar-refractivity contribution in [1.82, 2.24) is 10.3 Å². The molecule has 0 amide bonds. The predicted molar refractivity (Wildman–Crippen MR) is 93.7 cm³/mol. The molecule has 7 heteroatoms. The van der Waals surface area contributed by atoms with Gasteiger partial charge in [-0.3, -0.25) is 10.4 Å². The Balaban J connectivity index is 1.52. The third-order valence-electron chi connectivity index (χ3n) is 3.37. The minimum atomic E-state index is -3.58. The standard InChI is InChI=1S/C16H17N3O2S2/c20-23(21,15-9-5-2-6-10-15)19-18-16-17-12-14(22-16)11-13-7-3-1-4-8-13/h1-10,14,19H,11-12H2,(H,17,18).